The Labute approximate surface area is 149 Å². The number of pyridine rings is 1. The Bertz CT molecular complexity index is 1030. The van der Waals surface area contributed by atoms with Gasteiger partial charge in [0.25, 0.3) is 5.91 Å². The highest BCUT2D eigenvalue weighted by molar-refractivity contribution is 6.05. The van der Waals surface area contributed by atoms with E-state index >= 15 is 0 Å². The van der Waals surface area contributed by atoms with Gasteiger partial charge in [0.15, 0.2) is 0 Å². The predicted octanol–water partition coefficient (Wildman–Crippen LogP) is 3.59. The van der Waals surface area contributed by atoms with E-state index in [1.165, 1.54) is 12.1 Å². The van der Waals surface area contributed by atoms with E-state index in [9.17, 15) is 9.59 Å². The summed E-state index contributed by atoms with van der Waals surface area (Å²) < 4.78 is 5.76. The van der Waals surface area contributed by atoms with Crippen LogP contribution in [0.25, 0.3) is 11.1 Å². The maximum absolute atomic E-state index is 12.4. The molecule has 0 saturated carbocycles. The van der Waals surface area contributed by atoms with E-state index in [4.69, 9.17) is 9.84 Å². The molecule has 1 aromatic heterocycles. The topological polar surface area (TPSA) is 88.5 Å². The average Bonchev–Trinajstić information content (AvgIpc) is 2.67. The standard InChI is InChI=1S/C20H14N2O4/c23-19(12-2-1-3-13(8-12)20(24)25)22-15-4-5-17-16-6-7-21-10-14(16)11-26-18(17)9-15/h1-10H,11H2,(H,22,23)(H,24,25). The molecule has 0 atom stereocenters. The first-order valence-electron chi connectivity index (χ1n) is 7.96. The van der Waals surface area contributed by atoms with Gasteiger partial charge in [-0.25, -0.2) is 4.79 Å². The maximum atomic E-state index is 12.4. The molecule has 3 aromatic rings. The molecule has 2 heterocycles. The molecule has 2 N–H and O–H groups in total. The summed E-state index contributed by atoms with van der Waals surface area (Å²) in [6.07, 6.45) is 3.52. The summed E-state index contributed by atoms with van der Waals surface area (Å²) in [5, 5.41) is 11.8. The third-order valence-corrected chi connectivity index (χ3v) is 4.19. The van der Waals surface area contributed by atoms with Crippen LogP contribution in [-0.4, -0.2) is 22.0 Å². The zero-order valence-corrected chi connectivity index (χ0v) is 13.6. The van der Waals surface area contributed by atoms with Gasteiger partial charge in [0.1, 0.15) is 12.4 Å². The van der Waals surface area contributed by atoms with Gasteiger partial charge in [-0.1, -0.05) is 6.07 Å². The SMILES string of the molecule is O=C(O)c1cccc(C(=O)Nc2ccc3c(c2)OCc2cnccc2-3)c1. The minimum Gasteiger partial charge on any atom is -0.488 e. The van der Waals surface area contributed by atoms with Crippen molar-refractivity contribution < 1.29 is 19.4 Å². The molecular weight excluding hydrogens is 332 g/mol. The van der Waals surface area contributed by atoms with Crippen molar-refractivity contribution in [1.82, 2.24) is 4.98 Å². The van der Waals surface area contributed by atoms with Crippen molar-refractivity contribution >= 4 is 17.6 Å². The number of anilines is 1. The van der Waals surface area contributed by atoms with Crippen molar-refractivity contribution in [3.63, 3.8) is 0 Å². The van der Waals surface area contributed by atoms with Crippen molar-refractivity contribution in [1.29, 1.82) is 0 Å². The number of carbonyl (C=O) groups is 2. The molecule has 6 nitrogen and oxygen atoms in total. The second-order valence-electron chi connectivity index (χ2n) is 5.87. The smallest absolute Gasteiger partial charge is 0.335 e. The lowest BCUT2D eigenvalue weighted by atomic mass is 9.98. The van der Waals surface area contributed by atoms with Crippen LogP contribution in [0.4, 0.5) is 5.69 Å². The second-order valence-corrected chi connectivity index (χ2v) is 5.87. The number of carboxylic acid groups (broad SMARTS) is 1. The van der Waals surface area contributed by atoms with E-state index in [0.717, 1.165) is 16.7 Å². The van der Waals surface area contributed by atoms with E-state index in [-0.39, 0.29) is 17.0 Å². The van der Waals surface area contributed by atoms with Crippen molar-refractivity contribution in [2.75, 3.05) is 5.32 Å². The number of nitrogens with one attached hydrogen (secondary N) is 1. The van der Waals surface area contributed by atoms with Crippen molar-refractivity contribution in [2.45, 2.75) is 6.61 Å². The van der Waals surface area contributed by atoms with Crippen LogP contribution in [0.2, 0.25) is 0 Å². The Morgan fingerprint density at radius 1 is 1.04 bits per heavy atom. The van der Waals surface area contributed by atoms with Crippen LogP contribution in [0.3, 0.4) is 0 Å². The number of hydrogen-bond donors (Lipinski definition) is 2. The van der Waals surface area contributed by atoms with E-state index in [1.807, 2.05) is 12.1 Å². The Morgan fingerprint density at radius 3 is 2.73 bits per heavy atom. The molecule has 0 bridgehead atoms. The van der Waals surface area contributed by atoms with E-state index in [2.05, 4.69) is 10.3 Å². The number of ether oxygens (including phenoxy) is 1. The predicted molar refractivity (Wildman–Crippen MR) is 95.4 cm³/mol. The van der Waals surface area contributed by atoms with Crippen LogP contribution >= 0.6 is 0 Å². The van der Waals surface area contributed by atoms with E-state index in [0.29, 0.717) is 18.0 Å². The molecule has 1 aliphatic heterocycles. The van der Waals surface area contributed by atoms with Gasteiger partial charge < -0.3 is 15.2 Å². The number of carbonyl (C=O) groups excluding carboxylic acids is 1. The fourth-order valence-corrected chi connectivity index (χ4v) is 2.90. The van der Waals surface area contributed by atoms with Gasteiger partial charge in [-0.2, -0.15) is 0 Å². The van der Waals surface area contributed by atoms with Crippen LogP contribution in [0, 0.1) is 0 Å². The van der Waals surface area contributed by atoms with Crippen LogP contribution in [0.1, 0.15) is 26.3 Å². The molecule has 2 aromatic carbocycles. The third-order valence-electron chi connectivity index (χ3n) is 4.19. The van der Waals surface area contributed by atoms with Gasteiger partial charge in [0.05, 0.1) is 5.56 Å². The lowest BCUT2D eigenvalue weighted by Gasteiger charge is -2.21. The highest BCUT2D eigenvalue weighted by atomic mass is 16.5. The molecule has 0 aliphatic carbocycles. The van der Waals surface area contributed by atoms with Gasteiger partial charge in [-0.15, -0.1) is 0 Å². The summed E-state index contributed by atoms with van der Waals surface area (Å²) in [7, 11) is 0. The van der Waals surface area contributed by atoms with Crippen LogP contribution in [-0.2, 0) is 6.61 Å². The van der Waals surface area contributed by atoms with Gasteiger partial charge in [-0.05, 0) is 42.0 Å². The number of benzene rings is 2. The first-order valence-corrected chi connectivity index (χ1v) is 7.96. The quantitative estimate of drug-likeness (QED) is 0.756. The number of fused-ring (bicyclic) bond motifs is 3. The number of aromatic nitrogens is 1. The summed E-state index contributed by atoms with van der Waals surface area (Å²) in [5.41, 5.74) is 3.94. The third kappa shape index (κ3) is 2.88. The minimum absolute atomic E-state index is 0.0663. The molecule has 1 amide bonds. The molecule has 26 heavy (non-hydrogen) atoms. The highest BCUT2D eigenvalue weighted by Crippen LogP contribution is 2.38. The Hall–Kier alpha value is -3.67. The Morgan fingerprint density at radius 2 is 1.88 bits per heavy atom. The zero-order chi connectivity index (χ0) is 18.1. The average molecular weight is 346 g/mol. The number of carboxylic acids is 1. The molecule has 1 aliphatic rings. The number of hydrogen-bond acceptors (Lipinski definition) is 4. The molecule has 6 heteroatoms. The first-order chi connectivity index (χ1) is 12.6. The van der Waals surface area contributed by atoms with Gasteiger partial charge >= 0.3 is 5.97 Å². The van der Waals surface area contributed by atoms with Crippen LogP contribution in [0.15, 0.2) is 60.9 Å². The Balaban J connectivity index is 1.60. The summed E-state index contributed by atoms with van der Waals surface area (Å²) in [6.45, 7) is 0.425. The lowest BCUT2D eigenvalue weighted by Crippen LogP contribution is -2.13. The fraction of sp³-hybridized carbons (Fsp3) is 0.0500. The summed E-state index contributed by atoms with van der Waals surface area (Å²) >= 11 is 0. The maximum Gasteiger partial charge on any atom is 0.335 e. The van der Waals surface area contributed by atoms with Crippen LogP contribution < -0.4 is 10.1 Å². The summed E-state index contributed by atoms with van der Waals surface area (Å²) in [4.78, 5) is 27.5. The van der Waals surface area contributed by atoms with Crippen LogP contribution in [0.5, 0.6) is 5.75 Å². The molecule has 0 unspecified atom stereocenters. The van der Waals surface area contributed by atoms with Crippen molar-refractivity contribution in [2.24, 2.45) is 0 Å². The second kappa shape index (κ2) is 6.33. The number of amides is 1. The molecule has 4 rings (SSSR count). The summed E-state index contributed by atoms with van der Waals surface area (Å²) in [5.74, 6) is -0.774. The fourth-order valence-electron chi connectivity index (χ4n) is 2.90. The monoisotopic (exact) mass is 346 g/mol. The summed E-state index contributed by atoms with van der Waals surface area (Å²) in [6, 6.07) is 13.3. The molecule has 0 fully saturated rings. The number of nitrogens with zero attached hydrogens (tertiary/aromatic N) is 1. The number of rotatable bonds is 3. The molecule has 0 saturated heterocycles. The Kier molecular flexibility index (Phi) is 3.85. The zero-order valence-electron chi connectivity index (χ0n) is 13.6. The normalized spacial score (nSPS) is 11.7. The van der Waals surface area contributed by atoms with Crippen molar-refractivity contribution in [3.05, 3.63) is 77.6 Å². The molecule has 0 spiro atoms. The minimum atomic E-state index is -1.07. The highest BCUT2D eigenvalue weighted by Gasteiger charge is 2.18. The molecular formula is C20H14N2O4. The molecule has 0 radical (unpaired) electrons. The number of aromatic carboxylic acids is 1. The molecule has 128 valence electrons. The van der Waals surface area contributed by atoms with E-state index in [1.54, 1.807) is 36.7 Å². The van der Waals surface area contributed by atoms with E-state index < -0.39 is 5.97 Å². The van der Waals surface area contributed by atoms with Crippen molar-refractivity contribution in [3.8, 4) is 16.9 Å². The lowest BCUT2D eigenvalue weighted by molar-refractivity contribution is 0.0697. The van der Waals surface area contributed by atoms with Gasteiger partial charge in [-0.3, -0.25) is 9.78 Å². The largest absolute Gasteiger partial charge is 0.488 e. The van der Waals surface area contributed by atoms with Gasteiger partial charge in [0, 0.05) is 40.8 Å². The van der Waals surface area contributed by atoms with Gasteiger partial charge in [0.2, 0.25) is 0 Å². The first kappa shape index (κ1) is 15.8.